The van der Waals surface area contributed by atoms with E-state index >= 15 is 0 Å². The quantitative estimate of drug-likeness (QED) is 0.0672. The fourth-order valence-corrected chi connectivity index (χ4v) is 4.96. The Morgan fingerprint density at radius 1 is 0.475 bits per heavy atom. The van der Waals surface area contributed by atoms with Crippen molar-refractivity contribution in [2.75, 3.05) is 6.54 Å². The molecule has 4 nitrogen and oxygen atoms in total. The van der Waals surface area contributed by atoms with Crippen molar-refractivity contribution in [2.24, 2.45) is 5.73 Å². The first kappa shape index (κ1) is 40.8. The standard InChI is InChI=1S/C20H39NO.C16H33NO/c1-3-5-6-7-8-9-10-11-12-13-14-15-16-17-18-19-20(22)21-4-2;1-2-3-4-5-6-7-8-9-10-11-12-13-14-15-16(17)18/h11-12H,3-10,13-19H2,1-2H3,(H,21,22);2-15H2,1H3,(H2,17,18)/b12-11-;. The molecule has 2 amide bonds. The van der Waals surface area contributed by atoms with Crippen molar-refractivity contribution < 1.29 is 9.59 Å². The molecule has 40 heavy (non-hydrogen) atoms. The van der Waals surface area contributed by atoms with Gasteiger partial charge in [-0.1, -0.05) is 154 Å². The maximum atomic E-state index is 11.3. The summed E-state index contributed by atoms with van der Waals surface area (Å²) in [5.74, 6) is 0.0539. The number of nitrogens with two attached hydrogens (primary N) is 1. The zero-order chi connectivity index (χ0) is 29.8. The lowest BCUT2D eigenvalue weighted by molar-refractivity contribution is -0.121. The predicted octanol–water partition coefficient (Wildman–Crippen LogP) is 11.1. The molecule has 0 aromatic carbocycles. The van der Waals surface area contributed by atoms with E-state index in [1.807, 2.05) is 6.92 Å². The zero-order valence-electron chi connectivity index (χ0n) is 27.6. The molecule has 0 saturated heterocycles. The van der Waals surface area contributed by atoms with Crippen LogP contribution in [0.3, 0.4) is 0 Å². The van der Waals surface area contributed by atoms with Gasteiger partial charge in [0.15, 0.2) is 0 Å². The Morgan fingerprint density at radius 3 is 1.15 bits per heavy atom. The van der Waals surface area contributed by atoms with Crippen LogP contribution >= 0.6 is 0 Å². The number of unbranched alkanes of at least 4 members (excludes halogenated alkanes) is 23. The molecule has 0 aromatic heterocycles. The Hall–Kier alpha value is -1.32. The highest BCUT2D eigenvalue weighted by atomic mass is 16.1. The van der Waals surface area contributed by atoms with Gasteiger partial charge in [0.2, 0.25) is 11.8 Å². The fourth-order valence-electron chi connectivity index (χ4n) is 4.96. The number of amides is 2. The third kappa shape index (κ3) is 41.2. The molecule has 0 radical (unpaired) electrons. The number of hydrogen-bond acceptors (Lipinski definition) is 2. The maximum absolute atomic E-state index is 11.3. The van der Waals surface area contributed by atoms with Crippen LogP contribution in [-0.4, -0.2) is 18.4 Å². The number of carbonyl (C=O) groups excluding carboxylic acids is 2. The fraction of sp³-hybridized carbons (Fsp3) is 0.889. The van der Waals surface area contributed by atoms with E-state index in [0.29, 0.717) is 12.8 Å². The molecule has 0 unspecified atom stereocenters. The van der Waals surface area contributed by atoms with Gasteiger partial charge < -0.3 is 11.1 Å². The van der Waals surface area contributed by atoms with Gasteiger partial charge in [0, 0.05) is 19.4 Å². The average Bonchev–Trinajstić information content (AvgIpc) is 2.94. The molecule has 0 aliphatic rings. The maximum Gasteiger partial charge on any atom is 0.219 e. The second-order valence-electron chi connectivity index (χ2n) is 11.7. The smallest absolute Gasteiger partial charge is 0.219 e. The van der Waals surface area contributed by atoms with Crippen LogP contribution in [0.4, 0.5) is 0 Å². The van der Waals surface area contributed by atoms with Crippen LogP contribution in [0.2, 0.25) is 0 Å². The van der Waals surface area contributed by atoms with E-state index in [-0.39, 0.29) is 11.8 Å². The largest absolute Gasteiger partial charge is 0.370 e. The molecule has 0 fully saturated rings. The Balaban J connectivity index is 0. The summed E-state index contributed by atoms with van der Waals surface area (Å²) in [6.07, 6.45) is 40.3. The van der Waals surface area contributed by atoms with Crippen molar-refractivity contribution in [2.45, 2.75) is 201 Å². The minimum absolute atomic E-state index is 0.155. The number of primary amides is 1. The Bertz CT molecular complexity index is 533. The third-order valence-electron chi connectivity index (χ3n) is 7.57. The van der Waals surface area contributed by atoms with Crippen LogP contribution in [0.25, 0.3) is 0 Å². The summed E-state index contributed by atoms with van der Waals surface area (Å²) in [7, 11) is 0. The molecule has 0 rings (SSSR count). The summed E-state index contributed by atoms with van der Waals surface area (Å²) < 4.78 is 0. The highest BCUT2D eigenvalue weighted by Gasteiger charge is 1.98. The van der Waals surface area contributed by atoms with Gasteiger partial charge in [-0.2, -0.15) is 0 Å². The highest BCUT2D eigenvalue weighted by molar-refractivity contribution is 5.75. The number of rotatable bonds is 30. The average molecular weight is 565 g/mol. The lowest BCUT2D eigenvalue weighted by Crippen LogP contribution is -2.21. The molecule has 4 heteroatoms. The second kappa shape index (κ2) is 37.7. The monoisotopic (exact) mass is 565 g/mol. The van der Waals surface area contributed by atoms with Gasteiger partial charge in [0.05, 0.1) is 0 Å². The molecule has 0 aliphatic carbocycles. The van der Waals surface area contributed by atoms with Gasteiger partial charge in [0.1, 0.15) is 0 Å². The van der Waals surface area contributed by atoms with Gasteiger partial charge in [0.25, 0.3) is 0 Å². The lowest BCUT2D eigenvalue weighted by atomic mass is 10.0. The van der Waals surface area contributed by atoms with Crippen LogP contribution in [-0.2, 0) is 9.59 Å². The van der Waals surface area contributed by atoms with E-state index in [0.717, 1.165) is 19.4 Å². The Morgan fingerprint density at radius 2 is 0.800 bits per heavy atom. The predicted molar refractivity (Wildman–Crippen MR) is 178 cm³/mol. The summed E-state index contributed by atoms with van der Waals surface area (Å²) in [5.41, 5.74) is 5.09. The topological polar surface area (TPSA) is 72.2 Å². The Labute approximate surface area is 251 Å². The van der Waals surface area contributed by atoms with Crippen molar-refractivity contribution in [1.82, 2.24) is 5.32 Å². The molecule has 0 heterocycles. The molecule has 0 atom stereocenters. The van der Waals surface area contributed by atoms with Crippen molar-refractivity contribution in [1.29, 1.82) is 0 Å². The molecule has 238 valence electrons. The van der Waals surface area contributed by atoms with E-state index in [2.05, 4.69) is 31.3 Å². The number of carbonyl (C=O) groups is 2. The molecule has 3 N–H and O–H groups in total. The van der Waals surface area contributed by atoms with E-state index in [1.54, 1.807) is 0 Å². The van der Waals surface area contributed by atoms with E-state index in [4.69, 9.17) is 5.73 Å². The summed E-state index contributed by atoms with van der Waals surface area (Å²) >= 11 is 0. The molecule has 0 bridgehead atoms. The van der Waals surface area contributed by atoms with Gasteiger partial charge in [-0.25, -0.2) is 0 Å². The molecule has 0 aliphatic heterocycles. The minimum Gasteiger partial charge on any atom is -0.370 e. The highest BCUT2D eigenvalue weighted by Crippen LogP contribution is 2.13. The zero-order valence-corrected chi connectivity index (χ0v) is 27.6. The van der Waals surface area contributed by atoms with Gasteiger partial charge >= 0.3 is 0 Å². The Kier molecular flexibility index (Phi) is 38.5. The van der Waals surface area contributed by atoms with Crippen LogP contribution in [0.5, 0.6) is 0 Å². The normalized spacial score (nSPS) is 11.0. The van der Waals surface area contributed by atoms with Crippen LogP contribution in [0.15, 0.2) is 12.2 Å². The molecule has 0 aromatic rings. The second-order valence-corrected chi connectivity index (χ2v) is 11.7. The minimum atomic E-state index is -0.155. The summed E-state index contributed by atoms with van der Waals surface area (Å²) in [5, 5.41) is 2.85. The molecular weight excluding hydrogens is 492 g/mol. The molecular formula is C36H72N2O2. The van der Waals surface area contributed by atoms with Crippen molar-refractivity contribution in [3.05, 3.63) is 12.2 Å². The van der Waals surface area contributed by atoms with Crippen LogP contribution < -0.4 is 11.1 Å². The van der Waals surface area contributed by atoms with Crippen molar-refractivity contribution >= 4 is 11.8 Å². The third-order valence-corrected chi connectivity index (χ3v) is 7.57. The summed E-state index contributed by atoms with van der Waals surface area (Å²) in [4.78, 5) is 21.8. The number of nitrogens with one attached hydrogen (secondary N) is 1. The van der Waals surface area contributed by atoms with Crippen LogP contribution in [0, 0.1) is 0 Å². The van der Waals surface area contributed by atoms with Gasteiger partial charge in [-0.15, -0.1) is 0 Å². The van der Waals surface area contributed by atoms with E-state index < -0.39 is 0 Å². The molecule has 0 saturated carbocycles. The van der Waals surface area contributed by atoms with Crippen LogP contribution in [0.1, 0.15) is 201 Å². The number of hydrogen-bond donors (Lipinski definition) is 2. The van der Waals surface area contributed by atoms with Crippen molar-refractivity contribution in [3.8, 4) is 0 Å². The summed E-state index contributed by atoms with van der Waals surface area (Å²) in [6, 6.07) is 0. The first-order valence-corrected chi connectivity index (χ1v) is 17.8. The van der Waals surface area contributed by atoms with Gasteiger partial charge in [-0.3, -0.25) is 9.59 Å². The van der Waals surface area contributed by atoms with Crippen molar-refractivity contribution in [3.63, 3.8) is 0 Å². The lowest BCUT2D eigenvalue weighted by Gasteiger charge is -2.02. The van der Waals surface area contributed by atoms with E-state index in [9.17, 15) is 9.59 Å². The van der Waals surface area contributed by atoms with Gasteiger partial charge in [-0.05, 0) is 45.4 Å². The summed E-state index contributed by atoms with van der Waals surface area (Å²) in [6.45, 7) is 7.26. The first-order valence-electron chi connectivity index (χ1n) is 17.8. The SMILES string of the molecule is CCCCCCCC/C=C\CCCCCCCC(=O)NCC.CCCCCCCCCCCCCCCC(N)=O. The van der Waals surface area contributed by atoms with E-state index in [1.165, 1.54) is 154 Å². The molecule has 0 spiro atoms. The number of allylic oxidation sites excluding steroid dienone is 2. The first-order chi connectivity index (χ1) is 19.6.